The van der Waals surface area contributed by atoms with Gasteiger partial charge in [0.25, 0.3) is 5.91 Å². The van der Waals surface area contributed by atoms with Gasteiger partial charge in [-0.05, 0) is 57.5 Å². The summed E-state index contributed by atoms with van der Waals surface area (Å²) in [5, 5.41) is 22.1. The maximum absolute atomic E-state index is 13.0. The van der Waals surface area contributed by atoms with Crippen LogP contribution < -0.4 is 0 Å². The molecule has 1 aliphatic heterocycles. The van der Waals surface area contributed by atoms with Crippen molar-refractivity contribution in [2.24, 2.45) is 5.92 Å². The molecule has 146 valence electrons. The predicted octanol–water partition coefficient (Wildman–Crippen LogP) is 2.20. The maximum Gasteiger partial charge on any atom is 0.254 e. The number of β-amino-alcohol motifs (C(OH)–C–C–N with tert-alkyl or cyclic N) is 1. The molecule has 0 spiro atoms. The Labute approximate surface area is 164 Å². The fourth-order valence-electron chi connectivity index (χ4n) is 3.91. The summed E-state index contributed by atoms with van der Waals surface area (Å²) < 4.78 is 1.84. The summed E-state index contributed by atoms with van der Waals surface area (Å²) in [6.45, 7) is 6.76. The summed E-state index contributed by atoms with van der Waals surface area (Å²) in [5.74, 6) is -0.0750. The zero-order valence-corrected chi connectivity index (χ0v) is 16.4. The van der Waals surface area contributed by atoms with Crippen molar-refractivity contribution in [3.63, 3.8) is 0 Å². The number of aromatic nitrogens is 4. The number of carbonyl (C=O) groups is 1. The van der Waals surface area contributed by atoms with E-state index in [2.05, 4.69) is 15.3 Å². The SMILES string of the molecule is Cc1cc(C)n(-c2cccc(C(=O)N3C[C@@H](Cc4cc(C)[nH]n4)[C@H](O)C3)c2)n1. The van der Waals surface area contributed by atoms with Crippen molar-refractivity contribution >= 4 is 5.91 Å². The molecule has 1 aromatic carbocycles. The molecular formula is C21H25N5O2. The van der Waals surface area contributed by atoms with Gasteiger partial charge in [-0.2, -0.15) is 10.2 Å². The van der Waals surface area contributed by atoms with Gasteiger partial charge in [-0.3, -0.25) is 9.89 Å². The first-order valence-corrected chi connectivity index (χ1v) is 9.52. The first-order chi connectivity index (χ1) is 13.4. The van der Waals surface area contributed by atoms with Crippen LogP contribution in [0.2, 0.25) is 0 Å². The first-order valence-electron chi connectivity index (χ1n) is 9.52. The molecule has 0 saturated carbocycles. The second-order valence-electron chi connectivity index (χ2n) is 7.67. The van der Waals surface area contributed by atoms with E-state index in [9.17, 15) is 9.90 Å². The quantitative estimate of drug-likeness (QED) is 0.728. The molecule has 0 unspecified atom stereocenters. The van der Waals surface area contributed by atoms with Gasteiger partial charge in [0.05, 0.1) is 23.2 Å². The van der Waals surface area contributed by atoms with Gasteiger partial charge >= 0.3 is 0 Å². The average molecular weight is 379 g/mol. The molecule has 0 aliphatic carbocycles. The van der Waals surface area contributed by atoms with Gasteiger partial charge in [-0.25, -0.2) is 4.68 Å². The highest BCUT2D eigenvalue weighted by atomic mass is 16.3. The Morgan fingerprint density at radius 3 is 2.71 bits per heavy atom. The number of benzene rings is 1. The Morgan fingerprint density at radius 1 is 1.21 bits per heavy atom. The van der Waals surface area contributed by atoms with Crippen LogP contribution in [-0.2, 0) is 6.42 Å². The van der Waals surface area contributed by atoms with Gasteiger partial charge in [-0.15, -0.1) is 0 Å². The molecule has 1 saturated heterocycles. The monoisotopic (exact) mass is 379 g/mol. The van der Waals surface area contributed by atoms with Crippen molar-refractivity contribution in [3.05, 3.63) is 64.7 Å². The number of amides is 1. The largest absolute Gasteiger partial charge is 0.391 e. The highest BCUT2D eigenvalue weighted by Gasteiger charge is 2.34. The number of aliphatic hydroxyl groups is 1. The van der Waals surface area contributed by atoms with E-state index in [4.69, 9.17) is 0 Å². The summed E-state index contributed by atoms with van der Waals surface area (Å²) >= 11 is 0. The zero-order chi connectivity index (χ0) is 19.8. The van der Waals surface area contributed by atoms with Crippen LogP contribution in [-0.4, -0.2) is 55.1 Å². The number of nitrogens with one attached hydrogen (secondary N) is 1. The molecule has 28 heavy (non-hydrogen) atoms. The molecule has 1 aliphatic rings. The molecule has 1 amide bonds. The number of aliphatic hydroxyl groups excluding tert-OH is 1. The molecule has 3 aromatic rings. The lowest BCUT2D eigenvalue weighted by atomic mass is 10.0. The molecule has 7 heteroatoms. The van der Waals surface area contributed by atoms with Crippen LogP contribution in [0.25, 0.3) is 5.69 Å². The van der Waals surface area contributed by atoms with Gasteiger partial charge in [0.1, 0.15) is 0 Å². The molecule has 2 atom stereocenters. The Kier molecular flexibility index (Phi) is 4.77. The Hall–Kier alpha value is -2.93. The second kappa shape index (κ2) is 7.24. The number of H-pyrrole nitrogens is 1. The smallest absolute Gasteiger partial charge is 0.254 e. The number of aryl methyl sites for hydroxylation is 3. The third-order valence-electron chi connectivity index (χ3n) is 5.27. The van der Waals surface area contributed by atoms with E-state index >= 15 is 0 Å². The number of likely N-dealkylation sites (tertiary alicyclic amines) is 1. The normalized spacial score (nSPS) is 19.4. The molecule has 2 aromatic heterocycles. The van der Waals surface area contributed by atoms with Crippen molar-refractivity contribution in [1.82, 2.24) is 24.9 Å². The molecule has 7 nitrogen and oxygen atoms in total. The minimum absolute atomic E-state index is 0.00848. The Balaban J connectivity index is 1.50. The molecular weight excluding hydrogens is 354 g/mol. The average Bonchev–Trinajstić information content (AvgIpc) is 3.34. The number of aromatic amines is 1. The molecule has 4 rings (SSSR count). The third-order valence-corrected chi connectivity index (χ3v) is 5.27. The van der Waals surface area contributed by atoms with Gasteiger partial charge < -0.3 is 10.0 Å². The second-order valence-corrected chi connectivity index (χ2v) is 7.67. The number of hydrogen-bond acceptors (Lipinski definition) is 4. The molecule has 0 bridgehead atoms. The topological polar surface area (TPSA) is 87.0 Å². The molecule has 1 fully saturated rings. The number of nitrogens with zero attached hydrogens (tertiary/aromatic N) is 4. The number of carbonyl (C=O) groups excluding carboxylic acids is 1. The highest BCUT2D eigenvalue weighted by molar-refractivity contribution is 5.95. The number of hydrogen-bond donors (Lipinski definition) is 2. The van der Waals surface area contributed by atoms with Crippen molar-refractivity contribution in [2.45, 2.75) is 33.3 Å². The molecule has 0 radical (unpaired) electrons. The van der Waals surface area contributed by atoms with Gasteiger partial charge in [0, 0.05) is 36.0 Å². The first kappa shape index (κ1) is 18.4. The van der Waals surface area contributed by atoms with Crippen LogP contribution in [0.15, 0.2) is 36.4 Å². The Morgan fingerprint density at radius 2 is 2.04 bits per heavy atom. The minimum Gasteiger partial charge on any atom is -0.391 e. The third kappa shape index (κ3) is 3.57. The summed E-state index contributed by atoms with van der Waals surface area (Å²) in [5.41, 5.74) is 5.34. The lowest BCUT2D eigenvalue weighted by molar-refractivity contribution is 0.0764. The fourth-order valence-corrected chi connectivity index (χ4v) is 3.91. The van der Waals surface area contributed by atoms with Crippen LogP contribution in [0.1, 0.15) is 33.1 Å². The van der Waals surface area contributed by atoms with Crippen molar-refractivity contribution < 1.29 is 9.90 Å². The minimum atomic E-state index is -0.542. The maximum atomic E-state index is 13.0. The highest BCUT2D eigenvalue weighted by Crippen LogP contribution is 2.24. The summed E-state index contributed by atoms with van der Waals surface area (Å²) in [4.78, 5) is 14.8. The zero-order valence-electron chi connectivity index (χ0n) is 16.4. The summed E-state index contributed by atoms with van der Waals surface area (Å²) in [6, 6.07) is 11.5. The number of rotatable bonds is 4. The standard InChI is InChI=1S/C21H25N5O2/c1-13-8-18(23-22-13)9-17-11-25(12-20(17)27)21(28)16-5-4-6-19(10-16)26-15(3)7-14(2)24-26/h4-8,10,17,20,27H,9,11-12H2,1-3H3,(H,22,23)/t17-,20-/m1/s1. The van der Waals surface area contributed by atoms with E-state index in [1.165, 1.54) is 0 Å². The van der Waals surface area contributed by atoms with Crippen LogP contribution in [0, 0.1) is 26.7 Å². The van der Waals surface area contributed by atoms with Crippen molar-refractivity contribution in [2.75, 3.05) is 13.1 Å². The van der Waals surface area contributed by atoms with Crippen LogP contribution in [0.4, 0.5) is 0 Å². The van der Waals surface area contributed by atoms with E-state index in [0.29, 0.717) is 25.1 Å². The van der Waals surface area contributed by atoms with E-state index < -0.39 is 6.10 Å². The summed E-state index contributed by atoms with van der Waals surface area (Å²) in [6.07, 6.45) is 0.112. The lowest BCUT2D eigenvalue weighted by Crippen LogP contribution is -2.29. The molecule has 2 N–H and O–H groups in total. The van der Waals surface area contributed by atoms with Crippen LogP contribution in [0.3, 0.4) is 0 Å². The van der Waals surface area contributed by atoms with Gasteiger partial charge in [0.15, 0.2) is 0 Å². The van der Waals surface area contributed by atoms with Gasteiger partial charge in [0.2, 0.25) is 0 Å². The lowest BCUT2D eigenvalue weighted by Gasteiger charge is -2.17. The van der Waals surface area contributed by atoms with Crippen molar-refractivity contribution in [1.29, 1.82) is 0 Å². The Bertz CT molecular complexity index is 1010. The predicted molar refractivity (Wildman–Crippen MR) is 105 cm³/mol. The van der Waals surface area contributed by atoms with E-state index in [1.807, 2.05) is 61.9 Å². The fraction of sp³-hybridized carbons (Fsp3) is 0.381. The van der Waals surface area contributed by atoms with Crippen LogP contribution >= 0.6 is 0 Å². The van der Waals surface area contributed by atoms with E-state index in [-0.39, 0.29) is 11.8 Å². The van der Waals surface area contributed by atoms with Crippen LogP contribution in [0.5, 0.6) is 0 Å². The molecule has 3 heterocycles. The van der Waals surface area contributed by atoms with E-state index in [0.717, 1.165) is 28.5 Å². The van der Waals surface area contributed by atoms with Crippen molar-refractivity contribution in [3.8, 4) is 5.69 Å². The van der Waals surface area contributed by atoms with Gasteiger partial charge in [-0.1, -0.05) is 6.07 Å². The summed E-state index contributed by atoms with van der Waals surface area (Å²) in [7, 11) is 0. The van der Waals surface area contributed by atoms with E-state index in [1.54, 1.807) is 4.90 Å².